The van der Waals surface area contributed by atoms with Gasteiger partial charge in [0.05, 0.1) is 12.0 Å². The van der Waals surface area contributed by atoms with E-state index in [4.69, 9.17) is 33.6 Å². The highest BCUT2D eigenvalue weighted by Crippen LogP contribution is 2.25. The molecule has 0 radical (unpaired) electrons. The van der Waals surface area contributed by atoms with Crippen LogP contribution in [0, 0.1) is 17.2 Å². The Balaban J connectivity index is 2.97. The van der Waals surface area contributed by atoms with Crippen molar-refractivity contribution in [3.05, 3.63) is 28.2 Å². The van der Waals surface area contributed by atoms with Gasteiger partial charge in [0.1, 0.15) is 6.54 Å². The fourth-order valence-electron chi connectivity index (χ4n) is 1.48. The summed E-state index contributed by atoms with van der Waals surface area (Å²) < 4.78 is 0. The molecule has 18 heavy (non-hydrogen) atoms. The van der Waals surface area contributed by atoms with Crippen LogP contribution < -0.4 is 4.90 Å². The molecular formula is C12H12Cl2N2O2. The number of benzene rings is 1. The summed E-state index contributed by atoms with van der Waals surface area (Å²) in [6.45, 7) is 1.88. The first kappa shape index (κ1) is 14.6. The van der Waals surface area contributed by atoms with Crippen molar-refractivity contribution in [3.63, 3.8) is 0 Å². The maximum Gasteiger partial charge on any atom is 0.308 e. The van der Waals surface area contributed by atoms with Crippen molar-refractivity contribution < 1.29 is 9.90 Å². The minimum Gasteiger partial charge on any atom is -0.481 e. The minimum absolute atomic E-state index is 0.0777. The molecule has 1 atom stereocenters. The van der Waals surface area contributed by atoms with Gasteiger partial charge >= 0.3 is 5.97 Å². The Kier molecular flexibility index (Phi) is 5.26. The van der Waals surface area contributed by atoms with Crippen molar-refractivity contribution in [1.29, 1.82) is 5.26 Å². The second kappa shape index (κ2) is 6.48. The van der Waals surface area contributed by atoms with Crippen molar-refractivity contribution in [2.24, 2.45) is 5.92 Å². The van der Waals surface area contributed by atoms with Gasteiger partial charge in [-0.2, -0.15) is 5.26 Å². The molecule has 96 valence electrons. The topological polar surface area (TPSA) is 64.3 Å². The van der Waals surface area contributed by atoms with Crippen molar-refractivity contribution >= 4 is 34.9 Å². The van der Waals surface area contributed by atoms with Gasteiger partial charge in [-0.3, -0.25) is 4.79 Å². The molecule has 0 aliphatic carbocycles. The van der Waals surface area contributed by atoms with Crippen molar-refractivity contribution in [3.8, 4) is 6.07 Å². The fraction of sp³-hybridized carbons (Fsp3) is 0.333. The Morgan fingerprint density at radius 3 is 2.44 bits per heavy atom. The molecular weight excluding hydrogens is 275 g/mol. The van der Waals surface area contributed by atoms with Crippen LogP contribution in [0.3, 0.4) is 0 Å². The van der Waals surface area contributed by atoms with Crippen molar-refractivity contribution in [1.82, 2.24) is 0 Å². The van der Waals surface area contributed by atoms with Gasteiger partial charge in [-0.05, 0) is 18.2 Å². The van der Waals surface area contributed by atoms with E-state index in [-0.39, 0.29) is 13.1 Å². The van der Waals surface area contributed by atoms with E-state index in [1.807, 2.05) is 6.07 Å². The van der Waals surface area contributed by atoms with Crippen LogP contribution in [0.5, 0.6) is 0 Å². The number of nitrogens with zero attached hydrogens (tertiary/aromatic N) is 2. The molecule has 1 N–H and O–H groups in total. The molecule has 1 aromatic rings. The molecule has 1 unspecified atom stereocenters. The molecule has 0 heterocycles. The van der Waals surface area contributed by atoms with Gasteiger partial charge in [0.2, 0.25) is 0 Å². The third-order valence-corrected chi connectivity index (χ3v) is 2.83. The average molecular weight is 287 g/mol. The summed E-state index contributed by atoms with van der Waals surface area (Å²) in [5, 5.41) is 18.6. The monoisotopic (exact) mass is 286 g/mol. The molecule has 0 amide bonds. The van der Waals surface area contributed by atoms with Crippen molar-refractivity contribution in [2.45, 2.75) is 6.92 Å². The molecule has 6 heteroatoms. The van der Waals surface area contributed by atoms with Crippen LogP contribution in [0.2, 0.25) is 10.0 Å². The lowest BCUT2D eigenvalue weighted by Crippen LogP contribution is -2.32. The van der Waals surface area contributed by atoms with E-state index in [1.165, 1.54) is 0 Å². The molecule has 0 bridgehead atoms. The molecule has 0 saturated carbocycles. The lowest BCUT2D eigenvalue weighted by atomic mass is 10.1. The Morgan fingerprint density at radius 2 is 2.00 bits per heavy atom. The summed E-state index contributed by atoms with van der Waals surface area (Å²) in [7, 11) is 0. The highest BCUT2D eigenvalue weighted by molar-refractivity contribution is 6.35. The lowest BCUT2D eigenvalue weighted by molar-refractivity contribution is -0.140. The van der Waals surface area contributed by atoms with Crippen molar-refractivity contribution in [2.75, 3.05) is 18.0 Å². The van der Waals surface area contributed by atoms with Crippen LogP contribution in [-0.2, 0) is 4.79 Å². The number of rotatable bonds is 5. The SMILES string of the molecule is CC(CN(CC#N)c1cc(Cl)cc(Cl)c1)C(=O)O. The summed E-state index contributed by atoms with van der Waals surface area (Å²) in [6.07, 6.45) is 0. The number of anilines is 1. The van der Waals surface area contributed by atoms with Crippen LogP contribution >= 0.6 is 23.2 Å². The summed E-state index contributed by atoms with van der Waals surface area (Å²) in [6, 6.07) is 6.88. The number of carboxylic acids is 1. The number of nitriles is 1. The highest BCUT2D eigenvalue weighted by atomic mass is 35.5. The standard InChI is InChI=1S/C12H12Cl2N2O2/c1-8(12(17)18)7-16(3-2-15)11-5-9(13)4-10(14)6-11/h4-6,8H,3,7H2,1H3,(H,17,18). The van der Waals surface area contributed by atoms with E-state index >= 15 is 0 Å². The van der Waals surface area contributed by atoms with Gasteiger partial charge in [0.25, 0.3) is 0 Å². The number of carbonyl (C=O) groups is 1. The summed E-state index contributed by atoms with van der Waals surface area (Å²) >= 11 is 11.8. The maximum atomic E-state index is 10.8. The Labute approximate surface area is 115 Å². The first-order valence-electron chi connectivity index (χ1n) is 5.25. The summed E-state index contributed by atoms with van der Waals surface area (Å²) in [5.41, 5.74) is 0.641. The first-order chi connectivity index (χ1) is 8.43. The number of hydrogen-bond acceptors (Lipinski definition) is 3. The van der Waals surface area contributed by atoms with Crippen LogP contribution in [0.4, 0.5) is 5.69 Å². The van der Waals surface area contributed by atoms with Crippen LogP contribution in [-0.4, -0.2) is 24.2 Å². The van der Waals surface area contributed by atoms with E-state index in [9.17, 15) is 4.79 Å². The second-order valence-corrected chi connectivity index (χ2v) is 4.78. The normalized spacial score (nSPS) is 11.7. The molecule has 1 rings (SSSR count). The second-order valence-electron chi connectivity index (χ2n) is 3.91. The summed E-state index contributed by atoms with van der Waals surface area (Å²) in [5.74, 6) is -1.50. The molecule has 0 aliphatic rings. The predicted molar refractivity (Wildman–Crippen MR) is 71.1 cm³/mol. The van der Waals surface area contributed by atoms with Crippen LogP contribution in [0.25, 0.3) is 0 Å². The zero-order valence-corrected chi connectivity index (χ0v) is 11.2. The molecule has 0 saturated heterocycles. The zero-order valence-electron chi connectivity index (χ0n) is 9.73. The van der Waals surface area contributed by atoms with Gasteiger partial charge in [-0.15, -0.1) is 0 Å². The fourth-order valence-corrected chi connectivity index (χ4v) is 1.99. The molecule has 0 aliphatic heterocycles. The zero-order chi connectivity index (χ0) is 13.7. The highest BCUT2D eigenvalue weighted by Gasteiger charge is 2.17. The summed E-state index contributed by atoms with van der Waals surface area (Å²) in [4.78, 5) is 12.5. The lowest BCUT2D eigenvalue weighted by Gasteiger charge is -2.24. The van der Waals surface area contributed by atoms with Gasteiger partial charge in [0, 0.05) is 22.3 Å². The Hall–Kier alpha value is -1.44. The third-order valence-electron chi connectivity index (χ3n) is 2.39. The quantitative estimate of drug-likeness (QED) is 0.845. The van der Waals surface area contributed by atoms with E-state index < -0.39 is 11.9 Å². The van der Waals surface area contributed by atoms with E-state index in [2.05, 4.69) is 0 Å². The first-order valence-corrected chi connectivity index (χ1v) is 6.00. The largest absolute Gasteiger partial charge is 0.481 e. The van der Waals surface area contributed by atoms with E-state index in [0.29, 0.717) is 15.7 Å². The number of halogens is 2. The predicted octanol–water partition coefficient (Wildman–Crippen LogP) is 3.04. The number of carboxylic acid groups (broad SMARTS) is 1. The maximum absolute atomic E-state index is 10.8. The van der Waals surface area contributed by atoms with Crippen LogP contribution in [0.1, 0.15) is 6.92 Å². The Bertz CT molecular complexity index is 465. The van der Waals surface area contributed by atoms with Gasteiger partial charge in [-0.25, -0.2) is 0 Å². The molecule has 0 fully saturated rings. The smallest absolute Gasteiger partial charge is 0.308 e. The number of hydrogen-bond donors (Lipinski definition) is 1. The number of aliphatic carboxylic acids is 1. The minimum atomic E-state index is -0.911. The molecule has 0 spiro atoms. The molecule has 1 aromatic carbocycles. The third kappa shape index (κ3) is 4.10. The molecule has 0 aromatic heterocycles. The van der Waals surface area contributed by atoms with E-state index in [1.54, 1.807) is 30.0 Å². The molecule has 4 nitrogen and oxygen atoms in total. The van der Waals surface area contributed by atoms with E-state index in [0.717, 1.165) is 0 Å². The van der Waals surface area contributed by atoms with Gasteiger partial charge in [-0.1, -0.05) is 30.1 Å². The average Bonchev–Trinajstić information content (AvgIpc) is 2.26. The van der Waals surface area contributed by atoms with Crippen LogP contribution in [0.15, 0.2) is 18.2 Å². The van der Waals surface area contributed by atoms with Gasteiger partial charge in [0.15, 0.2) is 0 Å². The Morgan fingerprint density at radius 1 is 1.44 bits per heavy atom. The van der Waals surface area contributed by atoms with Gasteiger partial charge < -0.3 is 10.0 Å².